The van der Waals surface area contributed by atoms with Gasteiger partial charge in [-0.05, 0) is 51.1 Å². The zero-order chi connectivity index (χ0) is 12.7. The number of hydrogen-bond acceptors (Lipinski definition) is 3. The van der Waals surface area contributed by atoms with Crippen LogP contribution in [0.3, 0.4) is 0 Å². The smallest absolute Gasteiger partial charge is 0.120 e. The molecule has 0 aliphatic rings. The lowest BCUT2D eigenvalue weighted by Crippen LogP contribution is -2.23. The van der Waals surface area contributed by atoms with Crippen molar-refractivity contribution in [1.82, 2.24) is 0 Å². The molecule has 1 aromatic rings. The topological polar surface area (TPSA) is 44.5 Å². The number of rotatable bonds is 6. The van der Waals surface area contributed by atoms with Crippen molar-refractivity contribution in [1.29, 1.82) is 0 Å². The highest BCUT2D eigenvalue weighted by atomic mass is 16.5. The van der Waals surface area contributed by atoms with E-state index in [-0.39, 0.29) is 6.04 Å². The molecular formula is C14H21NO2. The minimum atomic E-state index is 0.0450. The first-order valence-electron chi connectivity index (χ1n) is 5.82. The van der Waals surface area contributed by atoms with Crippen LogP contribution in [0.25, 0.3) is 0 Å². The summed E-state index contributed by atoms with van der Waals surface area (Å²) in [6.07, 6.45) is 2.04. The molecule has 17 heavy (non-hydrogen) atoms. The van der Waals surface area contributed by atoms with Gasteiger partial charge in [0.05, 0.1) is 0 Å². The first-order valence-corrected chi connectivity index (χ1v) is 5.82. The van der Waals surface area contributed by atoms with Gasteiger partial charge in [0.15, 0.2) is 0 Å². The van der Waals surface area contributed by atoms with Gasteiger partial charge in [-0.1, -0.05) is 5.57 Å². The van der Waals surface area contributed by atoms with Crippen LogP contribution in [-0.4, -0.2) is 19.3 Å². The van der Waals surface area contributed by atoms with Crippen LogP contribution in [0.4, 0.5) is 0 Å². The van der Waals surface area contributed by atoms with E-state index in [4.69, 9.17) is 15.2 Å². The first kappa shape index (κ1) is 13.6. The Balaban J connectivity index is 2.42. The second-order valence-corrected chi connectivity index (χ2v) is 4.35. The molecule has 0 aromatic heterocycles. The van der Waals surface area contributed by atoms with Gasteiger partial charge in [-0.25, -0.2) is 0 Å². The summed E-state index contributed by atoms with van der Waals surface area (Å²) in [6.45, 7) is 7.14. The van der Waals surface area contributed by atoms with E-state index in [2.05, 4.69) is 0 Å². The average Bonchev–Trinajstić information content (AvgIpc) is 2.27. The largest absolute Gasteiger partial charge is 0.492 e. The lowest BCUT2D eigenvalue weighted by Gasteiger charge is -2.09. The predicted molar refractivity (Wildman–Crippen MR) is 70.5 cm³/mol. The van der Waals surface area contributed by atoms with Crippen molar-refractivity contribution >= 4 is 0 Å². The molecule has 0 saturated carbocycles. The molecule has 2 N–H and O–H groups in total. The van der Waals surface area contributed by atoms with Crippen LogP contribution in [0.15, 0.2) is 35.9 Å². The molecule has 0 amide bonds. The highest BCUT2D eigenvalue weighted by molar-refractivity contribution is 5.31. The molecule has 3 heteroatoms. The van der Waals surface area contributed by atoms with Crippen molar-refractivity contribution in [3.05, 3.63) is 35.9 Å². The minimum absolute atomic E-state index is 0.0450. The maximum atomic E-state index is 5.61. The van der Waals surface area contributed by atoms with Crippen LogP contribution in [-0.2, 0) is 0 Å². The van der Waals surface area contributed by atoms with Gasteiger partial charge < -0.3 is 15.2 Å². The summed E-state index contributed by atoms with van der Waals surface area (Å²) in [6, 6.07) is 7.62. The second-order valence-electron chi connectivity index (χ2n) is 4.35. The summed E-state index contributed by atoms with van der Waals surface area (Å²) < 4.78 is 11.0. The van der Waals surface area contributed by atoms with Crippen molar-refractivity contribution in [2.45, 2.75) is 26.8 Å². The number of benzene rings is 1. The third-order valence-electron chi connectivity index (χ3n) is 2.08. The van der Waals surface area contributed by atoms with E-state index in [0.717, 1.165) is 11.5 Å². The van der Waals surface area contributed by atoms with E-state index >= 15 is 0 Å². The molecule has 0 radical (unpaired) electrons. The third-order valence-corrected chi connectivity index (χ3v) is 2.08. The van der Waals surface area contributed by atoms with Crippen LogP contribution in [0.5, 0.6) is 11.5 Å². The van der Waals surface area contributed by atoms with Crippen LogP contribution < -0.4 is 15.2 Å². The standard InChI is InChI=1S/C14H21NO2/c1-11(2)8-9-16-13-4-6-14(7-5-13)17-10-12(3)15/h4-8,12H,9-10,15H2,1-3H3. The van der Waals surface area contributed by atoms with E-state index in [1.807, 2.05) is 51.1 Å². The van der Waals surface area contributed by atoms with E-state index in [0.29, 0.717) is 13.2 Å². The fraction of sp³-hybridized carbons (Fsp3) is 0.429. The van der Waals surface area contributed by atoms with E-state index < -0.39 is 0 Å². The highest BCUT2D eigenvalue weighted by Crippen LogP contribution is 2.17. The maximum absolute atomic E-state index is 5.61. The Morgan fingerprint density at radius 2 is 1.71 bits per heavy atom. The summed E-state index contributed by atoms with van der Waals surface area (Å²) in [5, 5.41) is 0. The van der Waals surface area contributed by atoms with Crippen LogP contribution in [0.1, 0.15) is 20.8 Å². The Bertz CT molecular complexity index is 351. The van der Waals surface area contributed by atoms with Crippen molar-refractivity contribution in [3.8, 4) is 11.5 Å². The molecule has 0 aliphatic heterocycles. The zero-order valence-electron chi connectivity index (χ0n) is 10.8. The van der Waals surface area contributed by atoms with Gasteiger partial charge in [-0.2, -0.15) is 0 Å². The molecule has 1 aromatic carbocycles. The van der Waals surface area contributed by atoms with Crippen molar-refractivity contribution in [2.24, 2.45) is 5.73 Å². The van der Waals surface area contributed by atoms with E-state index in [9.17, 15) is 0 Å². The molecule has 94 valence electrons. The van der Waals surface area contributed by atoms with Crippen LogP contribution in [0, 0.1) is 0 Å². The molecule has 3 nitrogen and oxygen atoms in total. The predicted octanol–water partition coefficient (Wildman–Crippen LogP) is 2.76. The first-order chi connectivity index (χ1) is 8.08. The number of hydrogen-bond donors (Lipinski definition) is 1. The fourth-order valence-electron chi connectivity index (χ4n) is 1.16. The molecule has 1 atom stereocenters. The molecular weight excluding hydrogens is 214 g/mol. The summed E-state index contributed by atoms with van der Waals surface area (Å²) in [5.41, 5.74) is 6.86. The quantitative estimate of drug-likeness (QED) is 0.771. The molecule has 0 bridgehead atoms. The number of nitrogens with two attached hydrogens (primary N) is 1. The molecule has 0 saturated heterocycles. The van der Waals surface area contributed by atoms with Crippen LogP contribution >= 0.6 is 0 Å². The molecule has 1 unspecified atom stereocenters. The Hall–Kier alpha value is -1.48. The van der Waals surface area contributed by atoms with Gasteiger partial charge in [0.1, 0.15) is 24.7 Å². The average molecular weight is 235 g/mol. The van der Waals surface area contributed by atoms with Crippen molar-refractivity contribution < 1.29 is 9.47 Å². The Kier molecular flexibility index (Phi) is 5.57. The summed E-state index contributed by atoms with van der Waals surface area (Å²) >= 11 is 0. The van der Waals surface area contributed by atoms with Crippen molar-refractivity contribution in [3.63, 3.8) is 0 Å². The minimum Gasteiger partial charge on any atom is -0.492 e. The highest BCUT2D eigenvalue weighted by Gasteiger charge is 1.98. The van der Waals surface area contributed by atoms with Gasteiger partial charge >= 0.3 is 0 Å². The molecule has 0 heterocycles. The molecule has 0 fully saturated rings. The van der Waals surface area contributed by atoms with Gasteiger partial charge in [0, 0.05) is 6.04 Å². The molecule has 0 aliphatic carbocycles. The second kappa shape index (κ2) is 6.97. The van der Waals surface area contributed by atoms with Gasteiger partial charge in [-0.15, -0.1) is 0 Å². The van der Waals surface area contributed by atoms with Gasteiger partial charge in [-0.3, -0.25) is 0 Å². The molecule has 1 rings (SSSR count). The van der Waals surface area contributed by atoms with Gasteiger partial charge in [0.2, 0.25) is 0 Å². The Morgan fingerprint density at radius 1 is 1.18 bits per heavy atom. The maximum Gasteiger partial charge on any atom is 0.120 e. The lowest BCUT2D eigenvalue weighted by molar-refractivity contribution is 0.295. The zero-order valence-corrected chi connectivity index (χ0v) is 10.8. The number of allylic oxidation sites excluding steroid dienone is 1. The van der Waals surface area contributed by atoms with E-state index in [1.165, 1.54) is 5.57 Å². The van der Waals surface area contributed by atoms with Gasteiger partial charge in [0.25, 0.3) is 0 Å². The Morgan fingerprint density at radius 3 is 2.18 bits per heavy atom. The summed E-state index contributed by atoms with van der Waals surface area (Å²) in [7, 11) is 0. The number of ether oxygens (including phenoxy) is 2. The summed E-state index contributed by atoms with van der Waals surface area (Å²) in [5.74, 6) is 1.66. The fourth-order valence-corrected chi connectivity index (χ4v) is 1.16. The normalized spacial score (nSPS) is 11.8. The Labute approximate surface area is 103 Å². The monoisotopic (exact) mass is 235 g/mol. The SMILES string of the molecule is CC(C)=CCOc1ccc(OCC(C)N)cc1. The summed E-state index contributed by atoms with van der Waals surface area (Å²) in [4.78, 5) is 0. The van der Waals surface area contributed by atoms with Crippen molar-refractivity contribution in [2.75, 3.05) is 13.2 Å². The third kappa shape index (κ3) is 5.97. The lowest BCUT2D eigenvalue weighted by atomic mass is 10.3. The molecule has 0 spiro atoms. The van der Waals surface area contributed by atoms with E-state index in [1.54, 1.807) is 0 Å². The van der Waals surface area contributed by atoms with Crippen LogP contribution in [0.2, 0.25) is 0 Å².